The lowest BCUT2D eigenvalue weighted by Gasteiger charge is -2.69. The van der Waals surface area contributed by atoms with Gasteiger partial charge >= 0.3 is 18.1 Å². The van der Waals surface area contributed by atoms with E-state index in [2.05, 4.69) is 46.1 Å². The number of carbonyl (C=O) groups excluding carboxylic acids is 2. The van der Waals surface area contributed by atoms with E-state index in [4.69, 9.17) is 19.6 Å². The maximum Gasteiger partial charge on any atom is 0.407 e. The topological polar surface area (TPSA) is 164 Å². The summed E-state index contributed by atoms with van der Waals surface area (Å²) in [7, 11) is 2.11. The van der Waals surface area contributed by atoms with E-state index in [1.54, 1.807) is 11.1 Å². The number of benzene rings is 2. The second-order valence-corrected chi connectivity index (χ2v) is 22.5. The van der Waals surface area contributed by atoms with Gasteiger partial charge in [-0.05, 0) is 151 Å². The van der Waals surface area contributed by atoms with Crippen molar-refractivity contribution in [3.63, 3.8) is 0 Å². The van der Waals surface area contributed by atoms with E-state index in [0.717, 1.165) is 109 Å². The Morgan fingerprint density at radius 3 is 2.45 bits per heavy atom. The van der Waals surface area contributed by atoms with E-state index in [-0.39, 0.29) is 39.7 Å². The van der Waals surface area contributed by atoms with Crippen molar-refractivity contribution >= 4 is 50.5 Å². The monoisotopic (exact) mass is 916 g/mol. The van der Waals surface area contributed by atoms with Gasteiger partial charge in [-0.1, -0.05) is 49.4 Å². The molecule has 4 aliphatic carbocycles. The summed E-state index contributed by atoms with van der Waals surface area (Å²) in [6.45, 7) is 16.7. The second-order valence-electron chi connectivity index (χ2n) is 21.5. The molecule has 5 aromatic rings. The number of para-hydroxylation sites is 1. The van der Waals surface area contributed by atoms with Gasteiger partial charge < -0.3 is 24.8 Å². The third kappa shape index (κ3) is 9.57. The van der Waals surface area contributed by atoms with Crippen molar-refractivity contribution in [2.75, 3.05) is 50.1 Å². The van der Waals surface area contributed by atoms with E-state index in [0.29, 0.717) is 36.1 Å². The fraction of sp³-hybridized carbons (Fsp3) is 0.529. The fourth-order valence-corrected chi connectivity index (χ4v) is 13.6. The summed E-state index contributed by atoms with van der Waals surface area (Å²) in [5.74, 6) is -1.11. The highest BCUT2D eigenvalue weighted by Gasteiger charge is 2.66. The number of fused-ring (bicyclic) bond motifs is 2. The summed E-state index contributed by atoms with van der Waals surface area (Å²) >= 11 is 1.44. The van der Waals surface area contributed by atoms with Gasteiger partial charge in [-0.2, -0.15) is 5.10 Å². The molecular formula is C51H64N8O6S. The predicted molar refractivity (Wildman–Crippen MR) is 258 cm³/mol. The van der Waals surface area contributed by atoms with Crippen LogP contribution in [0.4, 0.5) is 20.4 Å². The zero-order valence-corrected chi connectivity index (χ0v) is 40.3. The summed E-state index contributed by atoms with van der Waals surface area (Å²) in [5.41, 5.74) is 5.68. The van der Waals surface area contributed by atoms with Gasteiger partial charge in [0.25, 0.3) is 0 Å². The Kier molecular flexibility index (Phi) is 12.0. The van der Waals surface area contributed by atoms with Gasteiger partial charge in [0.2, 0.25) is 0 Å². The number of rotatable bonds is 14. The van der Waals surface area contributed by atoms with E-state index in [9.17, 15) is 19.5 Å². The van der Waals surface area contributed by atoms with Crippen LogP contribution in [0.1, 0.15) is 108 Å². The Bertz CT molecular complexity index is 2620. The molecule has 66 heavy (non-hydrogen) atoms. The van der Waals surface area contributed by atoms with Crippen molar-refractivity contribution < 1.29 is 29.0 Å². The number of hydrogen-bond acceptors (Lipinski definition) is 10. The number of carboxylic acid groups (broad SMARTS) is 1. The first-order valence-electron chi connectivity index (χ1n) is 23.4. The van der Waals surface area contributed by atoms with E-state index >= 15 is 0 Å². The maximum atomic E-state index is 13.7. The molecule has 15 heteroatoms. The Hall–Kier alpha value is -5.38. The number of hydrogen-bond donors (Lipinski definition) is 3. The molecule has 3 amide bonds. The first-order chi connectivity index (χ1) is 31.3. The van der Waals surface area contributed by atoms with Gasteiger partial charge in [0.05, 0.1) is 34.3 Å². The fourth-order valence-electron chi connectivity index (χ4n) is 12.8. The highest BCUT2D eigenvalue weighted by atomic mass is 32.1. The van der Waals surface area contributed by atoms with Crippen molar-refractivity contribution in [3.05, 3.63) is 77.7 Å². The number of nitrogens with one attached hydrogen (secondary N) is 2. The minimum atomic E-state index is -1.11. The molecular weight excluding hydrogens is 853 g/mol. The van der Waals surface area contributed by atoms with Crippen LogP contribution in [-0.2, 0) is 22.4 Å². The molecule has 1 aliphatic heterocycles. The number of carboxylic acids is 1. The number of aryl methyl sites for hydroxylation is 1. The third-order valence-electron chi connectivity index (χ3n) is 14.1. The maximum absolute atomic E-state index is 13.7. The first-order valence-corrected chi connectivity index (χ1v) is 24.3. The number of anilines is 2. The summed E-state index contributed by atoms with van der Waals surface area (Å²) < 4.78 is 15.5. The number of aromatic nitrogens is 4. The summed E-state index contributed by atoms with van der Waals surface area (Å²) in [5, 5.41) is 22.0. The van der Waals surface area contributed by atoms with Crippen LogP contribution < -0.4 is 15.5 Å². The van der Waals surface area contributed by atoms with Crippen molar-refractivity contribution in [2.45, 2.75) is 117 Å². The van der Waals surface area contributed by atoms with Crippen LogP contribution in [-0.4, -0.2) is 98.9 Å². The van der Waals surface area contributed by atoms with Gasteiger partial charge in [0.1, 0.15) is 5.60 Å². The number of nitrogens with zero attached hydrogens (tertiary/aromatic N) is 6. The van der Waals surface area contributed by atoms with Crippen LogP contribution in [0.25, 0.3) is 32.6 Å². The average molecular weight is 917 g/mol. The Balaban J connectivity index is 0.886. The number of ether oxygens (including phenoxy) is 2. The lowest BCUT2D eigenvalue weighted by atomic mass is 9.39. The van der Waals surface area contributed by atoms with Crippen LogP contribution in [0.2, 0.25) is 0 Å². The van der Waals surface area contributed by atoms with Crippen LogP contribution in [0.5, 0.6) is 0 Å². The molecule has 2 aromatic carbocycles. The van der Waals surface area contributed by atoms with Crippen LogP contribution in [0, 0.1) is 23.2 Å². The largest absolute Gasteiger partial charge is 0.476 e. The molecule has 3 N–H and O–H groups in total. The second kappa shape index (κ2) is 17.4. The lowest BCUT2D eigenvalue weighted by Crippen LogP contribution is -2.64. The average Bonchev–Trinajstić information content (AvgIpc) is 3.81. The Morgan fingerprint density at radius 1 is 0.939 bits per heavy atom. The molecule has 0 saturated heterocycles. The summed E-state index contributed by atoms with van der Waals surface area (Å²) in [4.78, 5) is 52.1. The molecule has 3 aromatic heterocycles. The quantitative estimate of drug-likeness (QED) is 0.0914. The number of alkyl carbamates (subject to hydrolysis) is 1. The number of amides is 3. The molecule has 0 radical (unpaired) electrons. The normalized spacial score (nSPS) is 24.5. The van der Waals surface area contributed by atoms with Crippen LogP contribution in [0.3, 0.4) is 0 Å². The number of urea groups is 1. The number of likely N-dealkylation sites (N-methyl/N-ethyl adjacent to an activating group) is 1. The van der Waals surface area contributed by atoms with Gasteiger partial charge in [-0.25, -0.2) is 24.4 Å². The highest BCUT2D eigenvalue weighted by Crippen LogP contribution is 2.72. The molecule has 4 fully saturated rings. The molecule has 4 heterocycles. The Morgan fingerprint density at radius 2 is 1.71 bits per heavy atom. The standard InChI is InChI=1S/C51H64N8O6S/c1-33-37(25-53-59(33)32-50-27-48(5)26-49(6,28-50)30-51(29-48,31-50)64-23-22-57(7)20-11-19-52-46(63)65-47(2,3)4)36-17-18-38(54-42(36)43(60)61)35-16-15-34-12-10-21-58(40(34)24-35)45(62)56-44-55-39-13-8-9-14-41(39)66-44/h8-9,13-18,24-25H,10-12,19-23,26-32H2,1-7H3,(H,52,63)(H,60,61)(H,55,56,62). The van der Waals surface area contributed by atoms with Crippen molar-refractivity contribution in [2.24, 2.45) is 16.2 Å². The number of carbonyl (C=O) groups is 3. The lowest BCUT2D eigenvalue weighted by molar-refractivity contribution is -0.248. The molecule has 4 saturated carbocycles. The summed E-state index contributed by atoms with van der Waals surface area (Å²) in [6, 6.07) is 17.2. The van der Waals surface area contributed by atoms with E-state index in [1.807, 2.05) is 82.3 Å². The number of aromatic carboxylic acids is 1. The molecule has 10 rings (SSSR count). The molecule has 14 nitrogen and oxygen atoms in total. The highest BCUT2D eigenvalue weighted by molar-refractivity contribution is 7.22. The SMILES string of the molecule is Cc1c(-c2ccc(-c3ccc4c(c3)N(C(=O)Nc3nc5ccccc5s3)CCC4)nc2C(=O)O)cnn1CC12CC3(C)CC(C)(C1)CC(OCCN(C)CCCNC(=O)OC(C)(C)C)(C3)C2. The van der Waals surface area contributed by atoms with Gasteiger partial charge in [-0.3, -0.25) is 14.9 Å². The molecule has 2 unspecified atom stereocenters. The van der Waals surface area contributed by atoms with E-state index in [1.165, 1.54) is 17.8 Å². The van der Waals surface area contributed by atoms with Crippen molar-refractivity contribution in [1.29, 1.82) is 0 Å². The van der Waals surface area contributed by atoms with E-state index < -0.39 is 11.6 Å². The molecule has 350 valence electrons. The van der Waals surface area contributed by atoms with Gasteiger partial charge in [0.15, 0.2) is 10.8 Å². The zero-order chi connectivity index (χ0) is 46.6. The Labute approximate surface area is 391 Å². The zero-order valence-electron chi connectivity index (χ0n) is 39.5. The van der Waals surface area contributed by atoms with Crippen LogP contribution in [0.15, 0.2) is 60.8 Å². The molecule has 5 aliphatic rings. The predicted octanol–water partition coefficient (Wildman–Crippen LogP) is 10.2. The van der Waals surface area contributed by atoms with Crippen molar-refractivity contribution in [1.82, 2.24) is 30.0 Å². The minimum Gasteiger partial charge on any atom is -0.476 e. The molecule has 4 bridgehead atoms. The van der Waals surface area contributed by atoms with Crippen LogP contribution >= 0.6 is 11.3 Å². The molecule has 2 atom stereocenters. The third-order valence-corrected chi connectivity index (χ3v) is 15.1. The minimum absolute atomic E-state index is 0.00507. The van der Waals surface area contributed by atoms with Crippen molar-refractivity contribution in [3.8, 4) is 22.4 Å². The first kappa shape index (κ1) is 45.8. The van der Waals surface area contributed by atoms with Gasteiger partial charge in [-0.15, -0.1) is 0 Å². The number of pyridine rings is 1. The number of thiazole rings is 1. The van der Waals surface area contributed by atoms with Gasteiger partial charge in [0, 0.05) is 54.3 Å². The summed E-state index contributed by atoms with van der Waals surface area (Å²) in [6.07, 6.45) is 10.4. The molecule has 0 spiro atoms. The smallest absolute Gasteiger partial charge is 0.407 e.